The molecule has 2 heteroatoms. The van der Waals surface area contributed by atoms with E-state index in [0.29, 0.717) is 0 Å². The first kappa shape index (κ1) is 30.9. The van der Waals surface area contributed by atoms with Crippen LogP contribution in [0.2, 0.25) is 0 Å². The fraction of sp³-hybridized carbons (Fsp3) is 0.250. The Labute approximate surface area is 296 Å². The molecule has 248 valence electrons. The van der Waals surface area contributed by atoms with Gasteiger partial charge in [0.15, 0.2) is 5.58 Å². The van der Waals surface area contributed by atoms with E-state index < -0.39 is 0 Å². The van der Waals surface area contributed by atoms with Crippen molar-refractivity contribution >= 4 is 39.0 Å². The Bertz CT molecular complexity index is 2470. The predicted molar refractivity (Wildman–Crippen MR) is 211 cm³/mol. The van der Waals surface area contributed by atoms with Gasteiger partial charge in [0, 0.05) is 27.4 Å². The van der Waals surface area contributed by atoms with Gasteiger partial charge in [-0.1, -0.05) is 120 Å². The van der Waals surface area contributed by atoms with E-state index in [9.17, 15) is 0 Å². The third-order valence-corrected chi connectivity index (χ3v) is 12.1. The molecule has 0 unspecified atom stereocenters. The van der Waals surface area contributed by atoms with Crippen molar-refractivity contribution in [3.63, 3.8) is 0 Å². The molecule has 50 heavy (non-hydrogen) atoms. The number of nitrogens with zero attached hydrogens (tertiary/aromatic N) is 1. The minimum absolute atomic E-state index is 0.0950. The van der Waals surface area contributed by atoms with E-state index >= 15 is 0 Å². The summed E-state index contributed by atoms with van der Waals surface area (Å²) in [5.41, 5.74) is 17.4. The molecule has 0 fully saturated rings. The second-order valence-electron chi connectivity index (χ2n) is 16.5. The number of para-hydroxylation sites is 3. The fourth-order valence-electron chi connectivity index (χ4n) is 9.04. The molecule has 0 N–H and O–H groups in total. The minimum Gasteiger partial charge on any atom is -0.454 e. The second-order valence-corrected chi connectivity index (χ2v) is 16.5. The largest absolute Gasteiger partial charge is 0.454 e. The third kappa shape index (κ3) is 4.47. The summed E-state index contributed by atoms with van der Waals surface area (Å²) in [6.45, 7) is 16.8. The summed E-state index contributed by atoms with van der Waals surface area (Å²) in [6.07, 6.45) is 2.38. The van der Waals surface area contributed by atoms with Crippen LogP contribution in [0.1, 0.15) is 82.2 Å². The molecule has 0 atom stereocenters. The summed E-state index contributed by atoms with van der Waals surface area (Å²) in [6, 6.07) is 44.9. The first-order chi connectivity index (χ1) is 24.0. The van der Waals surface area contributed by atoms with Crippen LogP contribution in [0.25, 0.3) is 44.2 Å². The van der Waals surface area contributed by atoms with E-state index in [4.69, 9.17) is 4.42 Å². The molecule has 2 nitrogen and oxygen atoms in total. The van der Waals surface area contributed by atoms with E-state index in [0.717, 1.165) is 33.3 Å². The number of aryl methyl sites for hydroxylation is 1. The smallest absolute Gasteiger partial charge is 0.159 e. The van der Waals surface area contributed by atoms with E-state index in [2.05, 4.69) is 175 Å². The average molecular weight is 652 g/mol. The Balaban J connectivity index is 1.40. The number of hydrogen-bond donors (Lipinski definition) is 0. The van der Waals surface area contributed by atoms with Gasteiger partial charge >= 0.3 is 0 Å². The number of rotatable bonds is 4. The first-order valence-electron chi connectivity index (χ1n) is 18.2. The summed E-state index contributed by atoms with van der Waals surface area (Å²) in [4.78, 5) is 2.45. The third-order valence-electron chi connectivity index (χ3n) is 12.1. The van der Waals surface area contributed by atoms with Crippen molar-refractivity contribution in [3.05, 3.63) is 149 Å². The molecule has 1 heterocycles. The zero-order valence-corrected chi connectivity index (χ0v) is 30.3. The van der Waals surface area contributed by atoms with Crippen LogP contribution in [0.4, 0.5) is 17.1 Å². The molecule has 9 rings (SSSR count). The molecule has 0 spiro atoms. The average Bonchev–Trinajstić information content (AvgIpc) is 3.60. The van der Waals surface area contributed by atoms with Crippen LogP contribution in [0.5, 0.6) is 0 Å². The topological polar surface area (TPSA) is 16.4 Å². The van der Waals surface area contributed by atoms with Crippen LogP contribution in [0.3, 0.4) is 0 Å². The van der Waals surface area contributed by atoms with Crippen LogP contribution in [0.15, 0.2) is 126 Å². The normalized spacial score (nSPS) is 16.6. The van der Waals surface area contributed by atoms with Crippen molar-refractivity contribution < 1.29 is 4.42 Å². The minimum atomic E-state index is -0.149. The molecule has 1 aromatic heterocycles. The zero-order chi connectivity index (χ0) is 34.6. The SMILES string of the molecule is Cc1cc2c(cc1-c1cc3c(cc1N(c1ccccc1)c1cccc4c1oc1ccccc14)C(C)(C)c1ccccc1-3)C(C)(C)CCC2(C)C. The molecule has 0 bridgehead atoms. The molecule has 2 aliphatic rings. The molecular weight excluding hydrogens is 607 g/mol. The number of fused-ring (bicyclic) bond motifs is 7. The van der Waals surface area contributed by atoms with E-state index in [-0.39, 0.29) is 16.2 Å². The van der Waals surface area contributed by atoms with Gasteiger partial charge in [-0.2, -0.15) is 0 Å². The summed E-state index contributed by atoms with van der Waals surface area (Å²) in [7, 11) is 0. The van der Waals surface area contributed by atoms with Gasteiger partial charge in [-0.25, -0.2) is 0 Å². The lowest BCUT2D eigenvalue weighted by atomic mass is 9.62. The lowest BCUT2D eigenvalue weighted by Crippen LogP contribution is -2.34. The molecule has 7 aromatic rings. The Morgan fingerprint density at radius 1 is 0.500 bits per heavy atom. The fourth-order valence-corrected chi connectivity index (χ4v) is 9.04. The van der Waals surface area contributed by atoms with E-state index in [1.807, 2.05) is 0 Å². The molecule has 0 amide bonds. The second kappa shape index (κ2) is 10.7. The van der Waals surface area contributed by atoms with Crippen molar-refractivity contribution in [2.75, 3.05) is 4.90 Å². The number of benzene rings is 6. The molecular formula is C48H45NO. The number of anilines is 3. The maximum atomic E-state index is 6.74. The Hall–Kier alpha value is -5.08. The highest BCUT2D eigenvalue weighted by Crippen LogP contribution is 2.55. The van der Waals surface area contributed by atoms with Crippen molar-refractivity contribution in [3.8, 4) is 22.3 Å². The Morgan fingerprint density at radius 3 is 1.94 bits per heavy atom. The molecule has 0 aliphatic heterocycles. The monoisotopic (exact) mass is 651 g/mol. The summed E-state index contributed by atoms with van der Waals surface area (Å²) >= 11 is 0. The van der Waals surface area contributed by atoms with Gasteiger partial charge in [0.25, 0.3) is 0 Å². The number of furan rings is 1. The molecule has 0 saturated heterocycles. The highest BCUT2D eigenvalue weighted by atomic mass is 16.3. The van der Waals surface area contributed by atoms with Gasteiger partial charge in [0.1, 0.15) is 5.58 Å². The lowest BCUT2D eigenvalue weighted by molar-refractivity contribution is 0.332. The van der Waals surface area contributed by atoms with Crippen LogP contribution in [-0.4, -0.2) is 0 Å². The van der Waals surface area contributed by atoms with Crippen LogP contribution < -0.4 is 4.90 Å². The number of hydrogen-bond acceptors (Lipinski definition) is 2. The Morgan fingerprint density at radius 2 is 1.16 bits per heavy atom. The van der Waals surface area contributed by atoms with Gasteiger partial charge in [-0.05, 0) is 118 Å². The van der Waals surface area contributed by atoms with Crippen LogP contribution in [-0.2, 0) is 16.2 Å². The van der Waals surface area contributed by atoms with Gasteiger partial charge < -0.3 is 9.32 Å². The van der Waals surface area contributed by atoms with Crippen molar-refractivity contribution in [2.45, 2.75) is 77.6 Å². The molecule has 6 aromatic carbocycles. The highest BCUT2D eigenvalue weighted by Gasteiger charge is 2.40. The predicted octanol–water partition coefficient (Wildman–Crippen LogP) is 13.7. The first-order valence-corrected chi connectivity index (χ1v) is 18.2. The van der Waals surface area contributed by atoms with Crippen LogP contribution >= 0.6 is 0 Å². The molecule has 2 aliphatic carbocycles. The van der Waals surface area contributed by atoms with Crippen molar-refractivity contribution in [1.29, 1.82) is 0 Å². The highest BCUT2D eigenvalue weighted by molar-refractivity contribution is 6.11. The van der Waals surface area contributed by atoms with E-state index in [1.54, 1.807) is 0 Å². The molecule has 0 saturated carbocycles. The maximum Gasteiger partial charge on any atom is 0.159 e. The summed E-state index contributed by atoms with van der Waals surface area (Å²) < 4.78 is 6.74. The van der Waals surface area contributed by atoms with E-state index in [1.165, 1.54) is 68.6 Å². The summed E-state index contributed by atoms with van der Waals surface area (Å²) in [5.74, 6) is 0. The molecule has 0 radical (unpaired) electrons. The van der Waals surface area contributed by atoms with Crippen molar-refractivity contribution in [2.24, 2.45) is 0 Å². The summed E-state index contributed by atoms with van der Waals surface area (Å²) in [5, 5.41) is 2.27. The zero-order valence-electron chi connectivity index (χ0n) is 30.3. The van der Waals surface area contributed by atoms with Crippen molar-refractivity contribution in [1.82, 2.24) is 0 Å². The lowest BCUT2D eigenvalue weighted by Gasteiger charge is -2.42. The van der Waals surface area contributed by atoms with Gasteiger partial charge in [0.2, 0.25) is 0 Å². The quantitative estimate of drug-likeness (QED) is 0.188. The standard InChI is InChI=1S/C48H45NO/c1-30-26-40-41(47(4,5)25-24-46(40,2)3)28-35(30)37-27-36-32-18-11-13-21-38(32)48(6,7)39(36)29-43(37)49(31-16-9-8-10-17-31)42-22-15-20-34-33-19-12-14-23-44(33)50-45(34)42/h8-23,26-29H,24-25H2,1-7H3. The van der Waals surface area contributed by atoms with Gasteiger partial charge in [-0.3, -0.25) is 0 Å². The van der Waals surface area contributed by atoms with Gasteiger partial charge in [-0.15, -0.1) is 0 Å². The maximum absolute atomic E-state index is 6.74. The van der Waals surface area contributed by atoms with Crippen LogP contribution in [0, 0.1) is 6.92 Å². The van der Waals surface area contributed by atoms with Gasteiger partial charge in [0.05, 0.1) is 11.4 Å². The Kier molecular flexibility index (Phi) is 6.63.